The molecule has 0 rings (SSSR count). The Morgan fingerprint density at radius 2 is 2.00 bits per heavy atom. The molecule has 0 radical (unpaired) electrons. The molecular weight excluding hydrogens is 136 g/mol. The molecule has 0 aliphatic heterocycles. The largest absolute Gasteiger partial charge is 0.164 e. The lowest BCUT2D eigenvalue weighted by Crippen LogP contribution is -2.01. The fourth-order valence-corrected chi connectivity index (χ4v) is 2.43. The molecule has 0 nitrogen and oxygen atoms in total. The fraction of sp³-hybridized carbons (Fsp3) is 1.00. The van der Waals surface area contributed by atoms with Crippen molar-refractivity contribution < 1.29 is 0 Å². The Morgan fingerprint density at radius 1 is 1.38 bits per heavy atom. The topological polar surface area (TPSA) is 0 Å². The van der Waals surface area contributed by atoms with Crippen LogP contribution in [0, 0.1) is 0 Å². The van der Waals surface area contributed by atoms with E-state index in [2.05, 4.69) is 19.4 Å². The maximum Gasteiger partial charge on any atom is 0.0132 e. The Morgan fingerprint density at radius 3 is 2.12 bits per heavy atom. The highest BCUT2D eigenvalue weighted by Gasteiger charge is 1.99. The number of rotatable bonds is 4. The predicted octanol–water partition coefficient (Wildman–Crippen LogP) is 2.49. The van der Waals surface area contributed by atoms with Crippen molar-refractivity contribution >= 4 is 23.5 Å². The van der Waals surface area contributed by atoms with Gasteiger partial charge >= 0.3 is 0 Å². The summed E-state index contributed by atoms with van der Waals surface area (Å²) in [5.41, 5.74) is 0. The molecule has 50 valence electrons. The molecule has 0 aliphatic carbocycles. The summed E-state index contributed by atoms with van der Waals surface area (Å²) in [4.78, 5) is 0. The summed E-state index contributed by atoms with van der Waals surface area (Å²) in [6, 6.07) is 0. The minimum atomic E-state index is 0.880. The Kier molecular flexibility index (Phi) is 6.34. The van der Waals surface area contributed by atoms with Crippen LogP contribution in [0.2, 0.25) is 0 Å². The lowest BCUT2D eigenvalue weighted by molar-refractivity contribution is 0.920. The van der Waals surface area contributed by atoms with E-state index in [0.717, 1.165) is 5.25 Å². The standard InChI is InChI=1S/C6H14S2/c1-4-6(8-3)5-7-2/h6H,4-5H2,1-3H3. The molecule has 0 saturated heterocycles. The van der Waals surface area contributed by atoms with E-state index in [1.165, 1.54) is 12.2 Å². The first kappa shape index (κ1) is 8.70. The van der Waals surface area contributed by atoms with E-state index in [1.54, 1.807) is 0 Å². The maximum absolute atomic E-state index is 2.25. The lowest BCUT2D eigenvalue weighted by Gasteiger charge is -2.07. The average Bonchev–Trinajstić information content (AvgIpc) is 1.83. The molecule has 0 aromatic heterocycles. The predicted molar refractivity (Wildman–Crippen MR) is 46.0 cm³/mol. The molecule has 0 N–H and O–H groups in total. The first-order valence-corrected chi connectivity index (χ1v) is 5.55. The molecule has 8 heavy (non-hydrogen) atoms. The van der Waals surface area contributed by atoms with Gasteiger partial charge in [0.25, 0.3) is 0 Å². The molecule has 0 amide bonds. The van der Waals surface area contributed by atoms with E-state index in [4.69, 9.17) is 0 Å². The van der Waals surface area contributed by atoms with Crippen molar-refractivity contribution in [3.05, 3.63) is 0 Å². The van der Waals surface area contributed by atoms with Crippen LogP contribution in [0.3, 0.4) is 0 Å². The van der Waals surface area contributed by atoms with Crippen molar-refractivity contribution in [2.24, 2.45) is 0 Å². The quantitative estimate of drug-likeness (QED) is 0.604. The first-order chi connectivity index (χ1) is 3.85. The Bertz CT molecular complexity index is 41.8. The maximum atomic E-state index is 2.25. The normalized spacial score (nSPS) is 13.9. The number of thioether (sulfide) groups is 2. The van der Waals surface area contributed by atoms with Crippen molar-refractivity contribution in [1.82, 2.24) is 0 Å². The molecule has 0 spiro atoms. The summed E-state index contributed by atoms with van der Waals surface area (Å²) >= 11 is 3.91. The van der Waals surface area contributed by atoms with E-state index in [0.29, 0.717) is 0 Å². The van der Waals surface area contributed by atoms with Gasteiger partial charge in [-0.3, -0.25) is 0 Å². The summed E-state index contributed by atoms with van der Waals surface area (Å²) in [5, 5.41) is 0.880. The van der Waals surface area contributed by atoms with Crippen LogP contribution in [0.15, 0.2) is 0 Å². The first-order valence-electron chi connectivity index (χ1n) is 2.86. The SMILES string of the molecule is CCC(CSC)SC. The van der Waals surface area contributed by atoms with Gasteiger partial charge in [-0.1, -0.05) is 6.92 Å². The van der Waals surface area contributed by atoms with Gasteiger partial charge in [0, 0.05) is 11.0 Å². The number of hydrogen-bond acceptors (Lipinski definition) is 2. The molecule has 1 atom stereocenters. The minimum absolute atomic E-state index is 0.880. The van der Waals surface area contributed by atoms with Crippen LogP contribution in [0.25, 0.3) is 0 Å². The van der Waals surface area contributed by atoms with E-state index in [1.807, 2.05) is 23.5 Å². The van der Waals surface area contributed by atoms with Crippen molar-refractivity contribution in [3.63, 3.8) is 0 Å². The van der Waals surface area contributed by atoms with Crippen molar-refractivity contribution in [3.8, 4) is 0 Å². The van der Waals surface area contributed by atoms with Crippen LogP contribution in [0.1, 0.15) is 13.3 Å². The lowest BCUT2D eigenvalue weighted by atomic mass is 10.4. The second-order valence-corrected chi connectivity index (χ2v) is 3.77. The Balaban J connectivity index is 3.07. The molecule has 0 aliphatic rings. The zero-order valence-corrected chi connectivity index (χ0v) is 7.44. The third-order valence-electron chi connectivity index (χ3n) is 1.14. The second-order valence-electron chi connectivity index (χ2n) is 1.72. The molecule has 0 bridgehead atoms. The van der Waals surface area contributed by atoms with Crippen molar-refractivity contribution in [1.29, 1.82) is 0 Å². The van der Waals surface area contributed by atoms with E-state index >= 15 is 0 Å². The van der Waals surface area contributed by atoms with E-state index in [9.17, 15) is 0 Å². The van der Waals surface area contributed by atoms with Gasteiger partial charge in [0.15, 0.2) is 0 Å². The summed E-state index contributed by atoms with van der Waals surface area (Å²) in [6.45, 7) is 2.25. The van der Waals surface area contributed by atoms with Crippen LogP contribution >= 0.6 is 23.5 Å². The summed E-state index contributed by atoms with van der Waals surface area (Å²) < 4.78 is 0. The smallest absolute Gasteiger partial charge is 0.0132 e. The molecule has 2 heteroatoms. The van der Waals surface area contributed by atoms with Gasteiger partial charge in [-0.15, -0.1) is 0 Å². The van der Waals surface area contributed by atoms with Gasteiger partial charge in [-0.25, -0.2) is 0 Å². The minimum Gasteiger partial charge on any atom is -0.164 e. The summed E-state index contributed by atoms with van der Waals surface area (Å²) in [5.74, 6) is 1.30. The second kappa shape index (κ2) is 5.83. The van der Waals surface area contributed by atoms with Crippen LogP contribution in [0.5, 0.6) is 0 Å². The number of hydrogen-bond donors (Lipinski definition) is 0. The van der Waals surface area contributed by atoms with Gasteiger partial charge in [0.2, 0.25) is 0 Å². The van der Waals surface area contributed by atoms with Crippen LogP contribution < -0.4 is 0 Å². The highest BCUT2D eigenvalue weighted by molar-refractivity contribution is 8.02. The highest BCUT2D eigenvalue weighted by Crippen LogP contribution is 2.14. The highest BCUT2D eigenvalue weighted by atomic mass is 32.2. The van der Waals surface area contributed by atoms with E-state index < -0.39 is 0 Å². The van der Waals surface area contributed by atoms with Gasteiger partial charge < -0.3 is 0 Å². The molecule has 0 fully saturated rings. The molecule has 0 aromatic rings. The third kappa shape index (κ3) is 3.67. The zero-order valence-electron chi connectivity index (χ0n) is 5.81. The van der Waals surface area contributed by atoms with Crippen molar-refractivity contribution in [2.45, 2.75) is 18.6 Å². The fourth-order valence-electron chi connectivity index (χ4n) is 0.538. The monoisotopic (exact) mass is 150 g/mol. The third-order valence-corrected chi connectivity index (χ3v) is 3.25. The molecule has 0 saturated carbocycles. The van der Waals surface area contributed by atoms with Gasteiger partial charge in [0.1, 0.15) is 0 Å². The molecule has 0 heterocycles. The molecule has 0 aromatic carbocycles. The Hall–Kier alpha value is 0.700. The zero-order chi connectivity index (χ0) is 6.41. The summed E-state index contributed by atoms with van der Waals surface area (Å²) in [7, 11) is 0. The Labute approximate surface area is 60.8 Å². The van der Waals surface area contributed by atoms with Gasteiger partial charge in [-0.05, 0) is 18.9 Å². The van der Waals surface area contributed by atoms with Crippen LogP contribution in [-0.4, -0.2) is 23.5 Å². The van der Waals surface area contributed by atoms with Gasteiger partial charge in [0.05, 0.1) is 0 Å². The molecule has 1 unspecified atom stereocenters. The van der Waals surface area contributed by atoms with E-state index in [-0.39, 0.29) is 0 Å². The summed E-state index contributed by atoms with van der Waals surface area (Å²) in [6.07, 6.45) is 5.66. The van der Waals surface area contributed by atoms with Gasteiger partial charge in [-0.2, -0.15) is 23.5 Å². The average molecular weight is 150 g/mol. The van der Waals surface area contributed by atoms with Crippen LogP contribution in [0.4, 0.5) is 0 Å². The van der Waals surface area contributed by atoms with Crippen LogP contribution in [-0.2, 0) is 0 Å². The molecular formula is C6H14S2. The van der Waals surface area contributed by atoms with Crippen molar-refractivity contribution in [2.75, 3.05) is 18.3 Å².